The van der Waals surface area contributed by atoms with E-state index in [2.05, 4.69) is 29.2 Å². The molecule has 7 heteroatoms. The van der Waals surface area contributed by atoms with Crippen molar-refractivity contribution in [2.24, 2.45) is 0 Å². The molecule has 0 bridgehead atoms. The second kappa shape index (κ2) is 12.0. The zero-order chi connectivity index (χ0) is 18.7. The summed E-state index contributed by atoms with van der Waals surface area (Å²) >= 11 is 11.6. The molecule has 1 rings (SSSR count). The number of rotatable bonds is 12. The Labute approximate surface area is 158 Å². The second-order valence-electron chi connectivity index (χ2n) is 5.71. The highest BCUT2D eigenvalue weighted by molar-refractivity contribution is 6.18. The number of benzene rings is 1. The van der Waals surface area contributed by atoms with E-state index in [0.717, 1.165) is 31.6 Å². The number of carbonyl (C=O) groups excluding carboxylic acids is 1. The van der Waals surface area contributed by atoms with Crippen LogP contribution < -0.4 is 4.90 Å². The van der Waals surface area contributed by atoms with Gasteiger partial charge in [0.1, 0.15) is 0 Å². The zero-order valence-corrected chi connectivity index (χ0v) is 15.9. The third-order valence-corrected chi connectivity index (χ3v) is 4.10. The van der Waals surface area contributed by atoms with Crippen molar-refractivity contribution in [1.82, 2.24) is 0 Å². The van der Waals surface area contributed by atoms with Crippen LogP contribution in [0.1, 0.15) is 31.7 Å². The molecular weight excluding hydrogens is 365 g/mol. The van der Waals surface area contributed by atoms with Crippen LogP contribution in [-0.4, -0.2) is 48.0 Å². The van der Waals surface area contributed by atoms with Crippen molar-refractivity contribution in [3.8, 4) is 0 Å². The lowest BCUT2D eigenvalue weighted by Gasteiger charge is -2.23. The molecule has 140 valence electrons. The summed E-state index contributed by atoms with van der Waals surface area (Å²) in [6, 6.07) is 8.24. The van der Waals surface area contributed by atoms with Gasteiger partial charge in [-0.25, -0.2) is 4.79 Å². The zero-order valence-electron chi connectivity index (χ0n) is 14.4. The largest absolute Gasteiger partial charge is 0.479 e. The summed E-state index contributed by atoms with van der Waals surface area (Å²) in [4.78, 5) is 24.3. The van der Waals surface area contributed by atoms with E-state index in [0.29, 0.717) is 18.2 Å². The van der Waals surface area contributed by atoms with Crippen LogP contribution in [0.5, 0.6) is 0 Å². The van der Waals surface area contributed by atoms with Gasteiger partial charge in [0, 0.05) is 37.0 Å². The minimum absolute atomic E-state index is 0.231. The van der Waals surface area contributed by atoms with Gasteiger partial charge in [0.05, 0.1) is 0 Å². The van der Waals surface area contributed by atoms with Crippen molar-refractivity contribution >= 4 is 40.8 Å². The Morgan fingerprint density at radius 2 is 1.72 bits per heavy atom. The van der Waals surface area contributed by atoms with E-state index in [1.54, 1.807) is 0 Å². The maximum atomic E-state index is 11.5. The van der Waals surface area contributed by atoms with Crippen LogP contribution >= 0.6 is 23.2 Å². The van der Waals surface area contributed by atoms with Crippen LogP contribution in [0.15, 0.2) is 24.3 Å². The Balaban J connectivity index is 2.36. The molecule has 0 amide bonds. The number of unbranched alkanes of at least 4 members (excludes halogenated alkanes) is 1. The number of alkyl halides is 2. The Morgan fingerprint density at radius 1 is 1.12 bits per heavy atom. The number of aryl methyl sites for hydroxylation is 1. The highest BCUT2D eigenvalue weighted by atomic mass is 35.5. The molecular formula is C18H25Cl2NO4. The van der Waals surface area contributed by atoms with Gasteiger partial charge in [-0.3, -0.25) is 4.79 Å². The van der Waals surface area contributed by atoms with Gasteiger partial charge < -0.3 is 14.7 Å². The maximum Gasteiger partial charge on any atom is 0.344 e. The molecule has 0 radical (unpaired) electrons. The normalized spacial score (nSPS) is 11.8. The van der Waals surface area contributed by atoms with E-state index in [1.165, 1.54) is 12.5 Å². The first-order valence-corrected chi connectivity index (χ1v) is 9.43. The summed E-state index contributed by atoms with van der Waals surface area (Å²) in [7, 11) is 0. The molecule has 1 aromatic rings. The molecule has 0 saturated heterocycles. The minimum Gasteiger partial charge on any atom is -0.479 e. The first-order chi connectivity index (χ1) is 12.0. The molecule has 0 aliphatic carbocycles. The van der Waals surface area contributed by atoms with E-state index in [4.69, 9.17) is 33.0 Å². The Kier molecular flexibility index (Phi) is 10.3. The molecule has 5 nitrogen and oxygen atoms in total. The second-order valence-corrected chi connectivity index (χ2v) is 6.46. The van der Waals surface area contributed by atoms with Crippen molar-refractivity contribution in [2.75, 3.05) is 29.7 Å². The van der Waals surface area contributed by atoms with Crippen molar-refractivity contribution in [1.29, 1.82) is 0 Å². The van der Waals surface area contributed by atoms with E-state index >= 15 is 0 Å². The number of ether oxygens (including phenoxy) is 1. The number of nitrogens with zero attached hydrogens (tertiary/aromatic N) is 1. The van der Waals surface area contributed by atoms with Crippen molar-refractivity contribution in [3.63, 3.8) is 0 Å². The summed E-state index contributed by atoms with van der Waals surface area (Å²) in [5.74, 6) is -0.501. The number of carbonyl (C=O) groups is 2. The average Bonchev–Trinajstić information content (AvgIpc) is 2.59. The van der Waals surface area contributed by atoms with Crippen molar-refractivity contribution < 1.29 is 19.4 Å². The first kappa shape index (κ1) is 21.6. The number of hydrogen-bond donors (Lipinski definition) is 1. The lowest BCUT2D eigenvalue weighted by molar-refractivity contribution is -0.162. The van der Waals surface area contributed by atoms with Gasteiger partial charge in [-0.05, 0) is 43.9 Å². The summed E-state index contributed by atoms with van der Waals surface area (Å²) in [5, 5.41) is 8.68. The number of aliphatic carboxylic acids is 1. The summed E-state index contributed by atoms with van der Waals surface area (Å²) in [6.45, 7) is 2.86. The Hall–Kier alpha value is -1.46. The fraction of sp³-hybridized carbons (Fsp3) is 0.556. The van der Waals surface area contributed by atoms with Crippen LogP contribution in [0, 0.1) is 0 Å². The molecule has 0 aliphatic heterocycles. The van der Waals surface area contributed by atoms with Crippen LogP contribution in [0.25, 0.3) is 0 Å². The molecule has 0 aliphatic rings. The average molecular weight is 390 g/mol. The Morgan fingerprint density at radius 3 is 2.24 bits per heavy atom. The topological polar surface area (TPSA) is 66.8 Å². The minimum atomic E-state index is -1.13. The number of esters is 1. The molecule has 1 unspecified atom stereocenters. The van der Waals surface area contributed by atoms with Crippen molar-refractivity contribution in [3.05, 3.63) is 29.8 Å². The number of carboxylic acid groups (broad SMARTS) is 1. The molecule has 0 heterocycles. The van der Waals surface area contributed by atoms with E-state index < -0.39 is 18.0 Å². The van der Waals surface area contributed by atoms with Crippen LogP contribution in [0.4, 0.5) is 5.69 Å². The highest BCUT2D eigenvalue weighted by Crippen LogP contribution is 2.17. The molecule has 0 spiro atoms. The fourth-order valence-electron chi connectivity index (χ4n) is 2.35. The van der Waals surface area contributed by atoms with Gasteiger partial charge in [-0.2, -0.15) is 0 Å². The lowest BCUT2D eigenvalue weighted by atomic mass is 10.1. The molecule has 0 fully saturated rings. The number of anilines is 1. The van der Waals surface area contributed by atoms with Crippen molar-refractivity contribution in [2.45, 2.75) is 38.7 Å². The fourth-order valence-corrected chi connectivity index (χ4v) is 2.76. The summed E-state index contributed by atoms with van der Waals surface area (Å²) < 4.78 is 4.79. The predicted octanol–water partition coefficient (Wildman–Crippen LogP) is 3.70. The van der Waals surface area contributed by atoms with E-state index in [-0.39, 0.29) is 6.42 Å². The van der Waals surface area contributed by atoms with Gasteiger partial charge >= 0.3 is 11.9 Å². The monoisotopic (exact) mass is 389 g/mol. The number of hydrogen-bond acceptors (Lipinski definition) is 4. The summed E-state index contributed by atoms with van der Waals surface area (Å²) in [6.07, 6.45) is 1.49. The van der Waals surface area contributed by atoms with Crippen LogP contribution in [0.2, 0.25) is 0 Å². The van der Waals surface area contributed by atoms with E-state index in [1.807, 2.05) is 0 Å². The maximum absolute atomic E-state index is 11.5. The predicted molar refractivity (Wildman–Crippen MR) is 101 cm³/mol. The van der Waals surface area contributed by atoms with Gasteiger partial charge in [0.2, 0.25) is 0 Å². The molecule has 1 N–H and O–H groups in total. The molecule has 0 saturated carbocycles. The number of carboxylic acids is 1. The standard InChI is InChI=1S/C18H25Cl2NO4/c1-14(18(23)24)25-17(22)5-3-2-4-15-6-8-16(9-7-15)21(12-10-19)13-11-20/h6-9,14H,2-5,10-13H2,1H3,(H,23,24). The molecule has 1 atom stereocenters. The smallest absolute Gasteiger partial charge is 0.344 e. The van der Waals surface area contributed by atoms with Crippen LogP contribution in [-0.2, 0) is 20.7 Å². The Bertz CT molecular complexity index is 530. The molecule has 1 aromatic carbocycles. The number of halogens is 2. The SMILES string of the molecule is CC(OC(=O)CCCCc1ccc(N(CCCl)CCCl)cc1)C(=O)O. The van der Waals surface area contributed by atoms with Gasteiger partial charge in [0.25, 0.3) is 0 Å². The first-order valence-electron chi connectivity index (χ1n) is 8.36. The van der Waals surface area contributed by atoms with Gasteiger partial charge in [0.15, 0.2) is 6.10 Å². The molecule has 25 heavy (non-hydrogen) atoms. The molecule has 0 aromatic heterocycles. The van der Waals surface area contributed by atoms with E-state index in [9.17, 15) is 9.59 Å². The lowest BCUT2D eigenvalue weighted by Crippen LogP contribution is -2.27. The third kappa shape index (κ3) is 8.45. The third-order valence-electron chi connectivity index (χ3n) is 3.76. The van der Waals surface area contributed by atoms with Crippen LogP contribution in [0.3, 0.4) is 0 Å². The quantitative estimate of drug-likeness (QED) is 0.335. The summed E-state index contributed by atoms with van der Waals surface area (Å²) in [5.41, 5.74) is 2.28. The highest BCUT2D eigenvalue weighted by Gasteiger charge is 2.15. The van der Waals surface area contributed by atoms with Gasteiger partial charge in [-0.1, -0.05) is 12.1 Å². The van der Waals surface area contributed by atoms with Gasteiger partial charge in [-0.15, -0.1) is 23.2 Å².